The van der Waals surface area contributed by atoms with E-state index in [1.807, 2.05) is 30.3 Å². The standard InChI is InChI=1S/C18H15NO/c20-18-11-17(13-6-7-13)19-16-9-8-14(10-15(16)18)12-4-2-1-3-5-12/h1-5,8-11,13H,6-7H2,(H,19,20). The number of benzene rings is 2. The maximum absolute atomic E-state index is 12.3. The molecule has 0 atom stereocenters. The van der Waals surface area contributed by atoms with Gasteiger partial charge in [-0.25, -0.2) is 0 Å². The number of fused-ring (bicyclic) bond motifs is 1. The number of nitrogens with one attached hydrogen (secondary N) is 1. The van der Waals surface area contributed by atoms with Gasteiger partial charge < -0.3 is 4.98 Å². The molecule has 1 N–H and O–H groups in total. The summed E-state index contributed by atoms with van der Waals surface area (Å²) in [6, 6.07) is 18.0. The zero-order valence-electron chi connectivity index (χ0n) is 11.1. The zero-order chi connectivity index (χ0) is 13.5. The van der Waals surface area contributed by atoms with E-state index in [0.29, 0.717) is 5.92 Å². The average molecular weight is 261 g/mol. The summed E-state index contributed by atoms with van der Waals surface area (Å²) in [5.74, 6) is 0.570. The van der Waals surface area contributed by atoms with E-state index in [-0.39, 0.29) is 5.43 Å². The summed E-state index contributed by atoms with van der Waals surface area (Å²) >= 11 is 0. The molecule has 0 bridgehead atoms. The highest BCUT2D eigenvalue weighted by Gasteiger charge is 2.24. The number of H-pyrrole nitrogens is 1. The van der Waals surface area contributed by atoms with Crippen molar-refractivity contribution in [3.05, 3.63) is 70.5 Å². The Morgan fingerprint density at radius 3 is 2.45 bits per heavy atom. The van der Waals surface area contributed by atoms with E-state index in [0.717, 1.165) is 27.7 Å². The molecule has 20 heavy (non-hydrogen) atoms. The molecule has 1 aromatic heterocycles. The summed E-state index contributed by atoms with van der Waals surface area (Å²) in [5, 5.41) is 0.774. The van der Waals surface area contributed by atoms with Crippen LogP contribution in [-0.2, 0) is 0 Å². The van der Waals surface area contributed by atoms with Crippen molar-refractivity contribution in [1.29, 1.82) is 0 Å². The Bertz CT molecular complexity index is 829. The molecule has 2 nitrogen and oxygen atoms in total. The molecule has 1 aliphatic rings. The summed E-state index contributed by atoms with van der Waals surface area (Å²) in [5.41, 5.74) is 4.38. The number of aromatic nitrogens is 1. The van der Waals surface area contributed by atoms with Crippen LogP contribution in [0.25, 0.3) is 22.0 Å². The Kier molecular flexibility index (Phi) is 2.49. The van der Waals surface area contributed by atoms with Crippen LogP contribution in [0.5, 0.6) is 0 Å². The normalized spacial score (nSPS) is 14.6. The van der Waals surface area contributed by atoms with Crippen LogP contribution >= 0.6 is 0 Å². The van der Waals surface area contributed by atoms with Gasteiger partial charge in [0.2, 0.25) is 0 Å². The molecule has 0 radical (unpaired) electrons. The van der Waals surface area contributed by atoms with Gasteiger partial charge in [0.1, 0.15) is 0 Å². The van der Waals surface area contributed by atoms with E-state index < -0.39 is 0 Å². The predicted octanol–water partition coefficient (Wildman–Crippen LogP) is 4.07. The van der Waals surface area contributed by atoms with Gasteiger partial charge in [-0.05, 0) is 42.0 Å². The number of rotatable bonds is 2. The van der Waals surface area contributed by atoms with Gasteiger partial charge >= 0.3 is 0 Å². The molecule has 0 amide bonds. The Hall–Kier alpha value is -2.35. The smallest absolute Gasteiger partial charge is 0.189 e. The number of aromatic amines is 1. The van der Waals surface area contributed by atoms with Crippen LogP contribution in [-0.4, -0.2) is 4.98 Å². The van der Waals surface area contributed by atoms with Crippen molar-refractivity contribution < 1.29 is 0 Å². The molecule has 1 fully saturated rings. The second-order valence-electron chi connectivity index (χ2n) is 5.49. The van der Waals surface area contributed by atoms with E-state index in [4.69, 9.17) is 0 Å². The van der Waals surface area contributed by atoms with Gasteiger partial charge in [-0.1, -0.05) is 36.4 Å². The van der Waals surface area contributed by atoms with Gasteiger partial charge in [0.25, 0.3) is 0 Å². The maximum atomic E-state index is 12.3. The summed E-state index contributed by atoms with van der Waals surface area (Å²) in [4.78, 5) is 15.7. The van der Waals surface area contributed by atoms with Gasteiger partial charge in [0.05, 0.1) is 0 Å². The summed E-state index contributed by atoms with van der Waals surface area (Å²) in [6.07, 6.45) is 2.40. The largest absolute Gasteiger partial charge is 0.358 e. The molecule has 0 saturated heterocycles. The van der Waals surface area contributed by atoms with Crippen LogP contribution in [0, 0.1) is 0 Å². The minimum absolute atomic E-state index is 0.124. The first-order valence-corrected chi connectivity index (χ1v) is 7.04. The van der Waals surface area contributed by atoms with E-state index in [1.54, 1.807) is 6.07 Å². The lowest BCUT2D eigenvalue weighted by atomic mass is 10.0. The van der Waals surface area contributed by atoms with Gasteiger partial charge in [-0.15, -0.1) is 0 Å². The van der Waals surface area contributed by atoms with Crippen molar-refractivity contribution in [2.45, 2.75) is 18.8 Å². The van der Waals surface area contributed by atoms with Crippen LogP contribution in [0.1, 0.15) is 24.5 Å². The maximum Gasteiger partial charge on any atom is 0.189 e. The van der Waals surface area contributed by atoms with Crippen molar-refractivity contribution >= 4 is 10.9 Å². The van der Waals surface area contributed by atoms with Crippen molar-refractivity contribution in [2.75, 3.05) is 0 Å². The molecular weight excluding hydrogens is 246 g/mol. The Balaban J connectivity index is 1.89. The minimum atomic E-state index is 0.124. The quantitative estimate of drug-likeness (QED) is 0.741. The van der Waals surface area contributed by atoms with Gasteiger partial charge in [0, 0.05) is 22.7 Å². The summed E-state index contributed by atoms with van der Waals surface area (Å²) in [7, 11) is 0. The number of pyridine rings is 1. The topological polar surface area (TPSA) is 32.9 Å². The van der Waals surface area contributed by atoms with Crippen molar-refractivity contribution in [3.63, 3.8) is 0 Å². The molecule has 1 heterocycles. The van der Waals surface area contributed by atoms with E-state index >= 15 is 0 Å². The van der Waals surface area contributed by atoms with Crippen LogP contribution in [0.3, 0.4) is 0 Å². The lowest BCUT2D eigenvalue weighted by Gasteiger charge is -2.06. The third-order valence-electron chi connectivity index (χ3n) is 3.97. The van der Waals surface area contributed by atoms with E-state index in [2.05, 4.69) is 23.2 Å². The molecule has 2 heteroatoms. The highest BCUT2D eigenvalue weighted by molar-refractivity contribution is 5.84. The highest BCUT2D eigenvalue weighted by Crippen LogP contribution is 2.38. The molecule has 98 valence electrons. The second-order valence-corrected chi connectivity index (χ2v) is 5.49. The first-order valence-electron chi connectivity index (χ1n) is 7.04. The van der Waals surface area contributed by atoms with Crippen LogP contribution in [0.15, 0.2) is 59.4 Å². The van der Waals surface area contributed by atoms with Crippen molar-refractivity contribution in [2.24, 2.45) is 0 Å². The SMILES string of the molecule is O=c1cc(C2CC2)[nH]c2ccc(-c3ccccc3)cc12. The lowest BCUT2D eigenvalue weighted by Crippen LogP contribution is -2.04. The Morgan fingerprint density at radius 1 is 0.900 bits per heavy atom. The van der Waals surface area contributed by atoms with Gasteiger partial charge in [0.15, 0.2) is 5.43 Å². The molecule has 1 saturated carbocycles. The minimum Gasteiger partial charge on any atom is -0.358 e. The fourth-order valence-corrected chi connectivity index (χ4v) is 2.69. The monoisotopic (exact) mass is 261 g/mol. The average Bonchev–Trinajstić information content (AvgIpc) is 3.32. The Morgan fingerprint density at radius 2 is 1.70 bits per heavy atom. The number of hydrogen-bond acceptors (Lipinski definition) is 1. The summed E-state index contributed by atoms with van der Waals surface area (Å²) < 4.78 is 0. The first kappa shape index (κ1) is 11.5. The molecule has 0 spiro atoms. The van der Waals surface area contributed by atoms with E-state index in [9.17, 15) is 4.79 Å². The third kappa shape index (κ3) is 1.94. The van der Waals surface area contributed by atoms with E-state index in [1.165, 1.54) is 12.8 Å². The molecule has 1 aliphatic carbocycles. The fourth-order valence-electron chi connectivity index (χ4n) is 2.69. The second kappa shape index (κ2) is 4.34. The fraction of sp³-hybridized carbons (Fsp3) is 0.167. The lowest BCUT2D eigenvalue weighted by molar-refractivity contribution is 1.04. The summed E-state index contributed by atoms with van der Waals surface area (Å²) in [6.45, 7) is 0. The first-order chi connectivity index (χ1) is 9.81. The Labute approximate surface area is 117 Å². The van der Waals surface area contributed by atoms with Gasteiger partial charge in [-0.2, -0.15) is 0 Å². The molecule has 0 aliphatic heterocycles. The molecule has 4 rings (SSSR count). The van der Waals surface area contributed by atoms with Gasteiger partial charge in [-0.3, -0.25) is 4.79 Å². The number of hydrogen-bond donors (Lipinski definition) is 1. The van der Waals surface area contributed by atoms with Crippen molar-refractivity contribution in [3.8, 4) is 11.1 Å². The zero-order valence-corrected chi connectivity index (χ0v) is 11.1. The van der Waals surface area contributed by atoms with Crippen LogP contribution in [0.4, 0.5) is 0 Å². The third-order valence-corrected chi connectivity index (χ3v) is 3.97. The van der Waals surface area contributed by atoms with Crippen molar-refractivity contribution in [1.82, 2.24) is 4.98 Å². The highest BCUT2D eigenvalue weighted by atomic mass is 16.1. The molecule has 3 aromatic rings. The molecular formula is C18H15NO. The van der Waals surface area contributed by atoms with Crippen LogP contribution in [0.2, 0.25) is 0 Å². The predicted molar refractivity (Wildman–Crippen MR) is 82.0 cm³/mol. The van der Waals surface area contributed by atoms with Crippen LogP contribution < -0.4 is 5.43 Å². The molecule has 2 aromatic carbocycles. The molecule has 0 unspecified atom stereocenters.